The average molecular weight is 517 g/mol. The lowest BCUT2D eigenvalue weighted by molar-refractivity contribution is -0.208. The van der Waals surface area contributed by atoms with E-state index in [-0.39, 0.29) is 45.4 Å². The Morgan fingerprint density at radius 3 is 2.30 bits per heavy atom. The molecule has 4 rings (SSSR count). The number of carbonyl (C=O) groups excluding carboxylic acids is 2. The summed E-state index contributed by atoms with van der Waals surface area (Å²) < 4.78 is 5.48. The van der Waals surface area contributed by atoms with E-state index in [0.29, 0.717) is 31.0 Å². The van der Waals surface area contributed by atoms with Gasteiger partial charge in [0.1, 0.15) is 11.9 Å². The van der Waals surface area contributed by atoms with E-state index in [4.69, 9.17) is 4.74 Å². The molecule has 0 bridgehead atoms. The molecule has 5 heteroatoms. The number of Topliss-reactive ketones (excluding diaryl/α,β-unsaturated/α-hetero) is 1. The summed E-state index contributed by atoms with van der Waals surface area (Å²) in [6, 6.07) is 0. The predicted octanol–water partition coefficient (Wildman–Crippen LogP) is 6.25. The van der Waals surface area contributed by atoms with Gasteiger partial charge in [0.05, 0.1) is 12.2 Å². The van der Waals surface area contributed by atoms with Crippen LogP contribution in [-0.2, 0) is 14.3 Å². The molecule has 4 aliphatic rings. The first-order valence-corrected chi connectivity index (χ1v) is 14.8. The lowest BCUT2D eigenvalue weighted by atomic mass is 9.36. The SMILES string of the molecule is CC(=O)O[C@@H](C(C)C)[C@@H](O)C[C@@H](C)C1=C2C[C@H](O)[C@H]3[C@@]4(C)CCC(=O)C(C)(C)[C@@H]4CC[C@]3(C)[C@@]2(C)CC1. The third-order valence-electron chi connectivity index (χ3n) is 12.2. The molecule has 37 heavy (non-hydrogen) atoms. The molecular weight excluding hydrogens is 464 g/mol. The number of carbonyl (C=O) groups is 2. The van der Waals surface area contributed by atoms with Crippen molar-refractivity contribution in [2.75, 3.05) is 0 Å². The molecule has 2 N–H and O–H groups in total. The molecule has 0 heterocycles. The Labute approximate surface area is 224 Å². The second kappa shape index (κ2) is 9.47. The number of hydrogen-bond donors (Lipinski definition) is 2. The van der Waals surface area contributed by atoms with Crippen LogP contribution < -0.4 is 0 Å². The molecule has 0 spiro atoms. The number of aliphatic hydroxyl groups is 2. The van der Waals surface area contributed by atoms with Crippen molar-refractivity contribution in [1.29, 1.82) is 0 Å². The molecule has 9 atom stereocenters. The maximum absolute atomic E-state index is 12.9. The summed E-state index contributed by atoms with van der Waals surface area (Å²) in [6.45, 7) is 19.1. The molecule has 0 amide bonds. The molecular formula is C32H52O5. The van der Waals surface area contributed by atoms with Gasteiger partial charge in [-0.1, -0.05) is 66.5 Å². The van der Waals surface area contributed by atoms with Gasteiger partial charge in [0, 0.05) is 18.8 Å². The summed E-state index contributed by atoms with van der Waals surface area (Å²) in [5.74, 6) is 0.721. The first-order chi connectivity index (χ1) is 17.0. The van der Waals surface area contributed by atoms with Crippen LogP contribution in [0.3, 0.4) is 0 Å². The minimum Gasteiger partial charge on any atom is -0.460 e. The summed E-state index contributed by atoms with van der Waals surface area (Å²) in [6.07, 6.45) is 5.27. The van der Waals surface area contributed by atoms with Crippen molar-refractivity contribution in [2.24, 2.45) is 45.3 Å². The normalized spacial score (nSPS) is 41.5. The van der Waals surface area contributed by atoms with Gasteiger partial charge in [0.15, 0.2) is 0 Å². The molecule has 0 aliphatic heterocycles. The summed E-state index contributed by atoms with van der Waals surface area (Å²) in [5.41, 5.74) is 2.43. The Hall–Kier alpha value is -1.20. The Morgan fingerprint density at radius 1 is 1.05 bits per heavy atom. The zero-order valence-corrected chi connectivity index (χ0v) is 24.8. The van der Waals surface area contributed by atoms with Gasteiger partial charge < -0.3 is 14.9 Å². The molecule has 0 radical (unpaired) electrons. The number of esters is 1. The molecule has 0 aromatic rings. The highest BCUT2D eigenvalue weighted by Crippen LogP contribution is 2.74. The number of aliphatic hydroxyl groups excluding tert-OH is 2. The van der Waals surface area contributed by atoms with Gasteiger partial charge in [-0.25, -0.2) is 0 Å². The van der Waals surface area contributed by atoms with Crippen LogP contribution in [0.5, 0.6) is 0 Å². The van der Waals surface area contributed by atoms with Crippen LogP contribution in [0.25, 0.3) is 0 Å². The molecule has 4 aliphatic carbocycles. The first kappa shape index (κ1) is 28.8. The van der Waals surface area contributed by atoms with Crippen molar-refractivity contribution in [3.63, 3.8) is 0 Å². The largest absolute Gasteiger partial charge is 0.460 e. The second-order valence-corrected chi connectivity index (χ2v) is 14.8. The summed E-state index contributed by atoms with van der Waals surface area (Å²) in [7, 11) is 0. The lowest BCUT2D eigenvalue weighted by Gasteiger charge is -2.69. The molecule has 3 saturated carbocycles. The van der Waals surface area contributed by atoms with Gasteiger partial charge in [-0.05, 0) is 84.9 Å². The summed E-state index contributed by atoms with van der Waals surface area (Å²) in [4.78, 5) is 24.6. The molecule has 0 aromatic carbocycles. The van der Waals surface area contributed by atoms with E-state index < -0.39 is 18.3 Å². The van der Waals surface area contributed by atoms with Crippen LogP contribution in [-0.4, -0.2) is 40.3 Å². The Bertz CT molecular complexity index is 964. The first-order valence-electron chi connectivity index (χ1n) is 14.8. The number of rotatable bonds is 6. The quantitative estimate of drug-likeness (QED) is 0.322. The van der Waals surface area contributed by atoms with Crippen LogP contribution in [0.15, 0.2) is 11.1 Å². The topological polar surface area (TPSA) is 83.8 Å². The lowest BCUT2D eigenvalue weighted by Crippen LogP contribution is -2.65. The maximum atomic E-state index is 12.9. The van der Waals surface area contributed by atoms with Crippen LogP contribution in [0, 0.1) is 45.3 Å². The number of ketones is 1. The number of ether oxygens (including phenoxy) is 1. The molecule has 0 aromatic heterocycles. The Balaban J connectivity index is 1.65. The third kappa shape index (κ3) is 4.26. The van der Waals surface area contributed by atoms with Gasteiger partial charge in [0.25, 0.3) is 0 Å². The van der Waals surface area contributed by atoms with Crippen LogP contribution in [0.4, 0.5) is 0 Å². The predicted molar refractivity (Wildman–Crippen MR) is 146 cm³/mol. The van der Waals surface area contributed by atoms with Gasteiger partial charge in [-0.3, -0.25) is 9.59 Å². The molecule has 0 unspecified atom stereocenters. The second-order valence-electron chi connectivity index (χ2n) is 14.8. The fourth-order valence-corrected chi connectivity index (χ4v) is 10.2. The highest BCUT2D eigenvalue weighted by atomic mass is 16.6. The van der Waals surface area contributed by atoms with Gasteiger partial charge in [-0.15, -0.1) is 0 Å². The zero-order chi connectivity index (χ0) is 27.7. The van der Waals surface area contributed by atoms with E-state index in [1.807, 2.05) is 13.8 Å². The van der Waals surface area contributed by atoms with Crippen molar-refractivity contribution >= 4 is 11.8 Å². The van der Waals surface area contributed by atoms with E-state index in [2.05, 4.69) is 41.5 Å². The highest BCUT2D eigenvalue weighted by molar-refractivity contribution is 5.85. The van der Waals surface area contributed by atoms with Crippen molar-refractivity contribution in [3.8, 4) is 0 Å². The van der Waals surface area contributed by atoms with Crippen molar-refractivity contribution in [1.82, 2.24) is 0 Å². The van der Waals surface area contributed by atoms with Gasteiger partial charge in [0.2, 0.25) is 0 Å². The fraction of sp³-hybridized carbons (Fsp3) is 0.875. The standard InChI is InChI=1S/C32H52O5/c1-18(2)27(37-20(4)33)23(34)16-19(3)21-10-14-31(8)22(21)17-24(35)28-30(7)13-12-26(36)29(5,6)25(30)11-15-32(28,31)9/h18-19,23-25,27-28,34-35H,10-17H2,1-9H3/t19-,23+,24+,25+,27+,28+,30+,31+,32+/m1/s1. The van der Waals surface area contributed by atoms with Crippen molar-refractivity contribution < 1.29 is 24.5 Å². The number of fused-ring (bicyclic) bond motifs is 5. The van der Waals surface area contributed by atoms with E-state index >= 15 is 0 Å². The molecule has 3 fully saturated rings. The Morgan fingerprint density at radius 2 is 1.70 bits per heavy atom. The zero-order valence-electron chi connectivity index (χ0n) is 24.8. The minimum atomic E-state index is -0.716. The molecule has 0 saturated heterocycles. The van der Waals surface area contributed by atoms with Crippen LogP contribution in [0.2, 0.25) is 0 Å². The third-order valence-corrected chi connectivity index (χ3v) is 12.2. The fourth-order valence-electron chi connectivity index (χ4n) is 10.2. The Kier molecular flexibility index (Phi) is 7.37. The maximum Gasteiger partial charge on any atom is 0.303 e. The summed E-state index contributed by atoms with van der Waals surface area (Å²) >= 11 is 0. The average Bonchev–Trinajstić information content (AvgIpc) is 3.12. The van der Waals surface area contributed by atoms with Crippen molar-refractivity contribution in [2.45, 2.75) is 132 Å². The number of allylic oxidation sites excluding steroid dienone is 1. The van der Waals surface area contributed by atoms with Gasteiger partial charge in [-0.2, -0.15) is 0 Å². The van der Waals surface area contributed by atoms with E-state index in [9.17, 15) is 19.8 Å². The number of hydrogen-bond acceptors (Lipinski definition) is 5. The van der Waals surface area contributed by atoms with E-state index in [1.165, 1.54) is 18.1 Å². The molecule has 5 nitrogen and oxygen atoms in total. The molecule has 210 valence electrons. The van der Waals surface area contributed by atoms with Crippen molar-refractivity contribution in [3.05, 3.63) is 11.1 Å². The van der Waals surface area contributed by atoms with E-state index in [0.717, 1.165) is 32.1 Å². The van der Waals surface area contributed by atoms with Crippen LogP contribution in [0.1, 0.15) is 114 Å². The van der Waals surface area contributed by atoms with Crippen LogP contribution >= 0.6 is 0 Å². The van der Waals surface area contributed by atoms with Gasteiger partial charge >= 0.3 is 5.97 Å². The highest BCUT2D eigenvalue weighted by Gasteiger charge is 2.69. The smallest absolute Gasteiger partial charge is 0.303 e. The summed E-state index contributed by atoms with van der Waals surface area (Å²) in [5, 5.41) is 23.0. The van der Waals surface area contributed by atoms with E-state index in [1.54, 1.807) is 0 Å². The monoisotopic (exact) mass is 516 g/mol. The minimum absolute atomic E-state index is 0.0123.